The maximum absolute atomic E-state index is 11.3. The second-order valence-electron chi connectivity index (χ2n) is 3.40. The standard InChI is InChI=1S/C11H9IN2OS/c1-6-3-4-8(5-13-6)11-14-7(2)9(16-11)10(12)15/h3-5H,1-2H3. The summed E-state index contributed by atoms with van der Waals surface area (Å²) in [4.78, 5) is 20.6. The van der Waals surface area contributed by atoms with Gasteiger partial charge in [0.2, 0.25) is 3.79 Å². The predicted octanol–water partition coefficient (Wildman–Crippen LogP) is 3.40. The van der Waals surface area contributed by atoms with Crippen LogP contribution in [0.15, 0.2) is 18.3 Å². The van der Waals surface area contributed by atoms with Crippen molar-refractivity contribution in [1.82, 2.24) is 9.97 Å². The lowest BCUT2D eigenvalue weighted by Crippen LogP contribution is -1.85. The highest BCUT2D eigenvalue weighted by Crippen LogP contribution is 2.28. The van der Waals surface area contributed by atoms with Crippen LogP contribution in [0.1, 0.15) is 21.1 Å². The Bertz CT molecular complexity index is 533. The maximum Gasteiger partial charge on any atom is 0.234 e. The number of pyridine rings is 1. The topological polar surface area (TPSA) is 42.9 Å². The van der Waals surface area contributed by atoms with Gasteiger partial charge in [-0.15, -0.1) is 11.3 Å². The highest BCUT2D eigenvalue weighted by Gasteiger charge is 2.13. The summed E-state index contributed by atoms with van der Waals surface area (Å²) >= 11 is 3.21. The fourth-order valence-electron chi connectivity index (χ4n) is 1.30. The highest BCUT2D eigenvalue weighted by atomic mass is 127. The van der Waals surface area contributed by atoms with Gasteiger partial charge in [-0.1, -0.05) is 0 Å². The molecule has 0 aromatic carbocycles. The van der Waals surface area contributed by atoms with Gasteiger partial charge in [0.1, 0.15) is 9.88 Å². The van der Waals surface area contributed by atoms with Crippen LogP contribution < -0.4 is 0 Å². The Labute approximate surface area is 111 Å². The second kappa shape index (κ2) is 4.58. The van der Waals surface area contributed by atoms with Crippen LogP contribution in [-0.2, 0) is 0 Å². The number of hydrogen-bond donors (Lipinski definition) is 0. The van der Waals surface area contributed by atoms with Gasteiger partial charge in [0.05, 0.1) is 5.69 Å². The number of halogens is 1. The van der Waals surface area contributed by atoms with Gasteiger partial charge in [0.25, 0.3) is 0 Å². The van der Waals surface area contributed by atoms with Gasteiger partial charge in [0, 0.05) is 40.0 Å². The smallest absolute Gasteiger partial charge is 0.234 e. The molecule has 0 spiro atoms. The Morgan fingerprint density at radius 3 is 2.62 bits per heavy atom. The van der Waals surface area contributed by atoms with E-state index in [-0.39, 0.29) is 3.79 Å². The van der Waals surface area contributed by atoms with Crippen LogP contribution in [0.2, 0.25) is 0 Å². The molecule has 2 aromatic rings. The molecule has 3 nitrogen and oxygen atoms in total. The molecule has 2 heterocycles. The average molecular weight is 344 g/mol. The predicted molar refractivity (Wildman–Crippen MR) is 73.2 cm³/mol. The van der Waals surface area contributed by atoms with Crippen molar-refractivity contribution in [3.05, 3.63) is 34.6 Å². The van der Waals surface area contributed by atoms with Gasteiger partial charge < -0.3 is 0 Å². The van der Waals surface area contributed by atoms with Gasteiger partial charge in [-0.3, -0.25) is 9.78 Å². The molecular formula is C11H9IN2OS. The summed E-state index contributed by atoms with van der Waals surface area (Å²) in [6, 6.07) is 3.92. The molecule has 0 N–H and O–H groups in total. The van der Waals surface area contributed by atoms with Crippen LogP contribution in [0, 0.1) is 13.8 Å². The molecule has 0 aliphatic rings. The molecule has 2 rings (SSSR count). The van der Waals surface area contributed by atoms with E-state index in [9.17, 15) is 4.79 Å². The summed E-state index contributed by atoms with van der Waals surface area (Å²) < 4.78 is 0.0407. The quantitative estimate of drug-likeness (QED) is 0.620. The third kappa shape index (κ3) is 2.30. The Morgan fingerprint density at radius 1 is 1.38 bits per heavy atom. The first-order chi connectivity index (χ1) is 7.58. The summed E-state index contributed by atoms with van der Waals surface area (Å²) in [6.45, 7) is 3.80. The van der Waals surface area contributed by atoms with Gasteiger partial charge >= 0.3 is 0 Å². The van der Waals surface area contributed by atoms with E-state index in [0.717, 1.165) is 26.8 Å². The molecule has 5 heteroatoms. The third-order valence-electron chi connectivity index (χ3n) is 2.13. The fraction of sp³-hybridized carbons (Fsp3) is 0.182. The highest BCUT2D eigenvalue weighted by molar-refractivity contribution is 14.1. The van der Waals surface area contributed by atoms with E-state index in [4.69, 9.17) is 0 Å². The number of aromatic nitrogens is 2. The molecule has 16 heavy (non-hydrogen) atoms. The van der Waals surface area contributed by atoms with E-state index in [1.54, 1.807) is 28.8 Å². The molecule has 0 aliphatic heterocycles. The van der Waals surface area contributed by atoms with Gasteiger partial charge in [0.15, 0.2) is 0 Å². The van der Waals surface area contributed by atoms with Crippen molar-refractivity contribution in [1.29, 1.82) is 0 Å². The van der Waals surface area contributed by atoms with Crippen LogP contribution in [-0.4, -0.2) is 13.8 Å². The van der Waals surface area contributed by atoms with E-state index in [1.807, 2.05) is 26.0 Å². The molecule has 0 bridgehead atoms. The number of thiazole rings is 1. The first-order valence-electron chi connectivity index (χ1n) is 4.68. The van der Waals surface area contributed by atoms with Crippen LogP contribution in [0.25, 0.3) is 10.6 Å². The molecule has 0 radical (unpaired) electrons. The molecule has 0 amide bonds. The minimum atomic E-state index is 0.0407. The van der Waals surface area contributed by atoms with Crippen LogP contribution in [0.5, 0.6) is 0 Å². The van der Waals surface area contributed by atoms with E-state index in [1.165, 1.54) is 11.3 Å². The minimum absolute atomic E-state index is 0.0407. The largest absolute Gasteiger partial charge is 0.281 e. The lowest BCUT2D eigenvalue weighted by Gasteiger charge is -1.95. The normalized spacial score (nSPS) is 10.4. The molecule has 2 aromatic heterocycles. The summed E-state index contributed by atoms with van der Waals surface area (Å²) in [5.74, 6) is 0. The van der Waals surface area contributed by atoms with Crippen molar-refractivity contribution in [2.75, 3.05) is 0 Å². The van der Waals surface area contributed by atoms with E-state index < -0.39 is 0 Å². The lowest BCUT2D eigenvalue weighted by atomic mass is 10.2. The number of hydrogen-bond acceptors (Lipinski definition) is 4. The van der Waals surface area contributed by atoms with Gasteiger partial charge in [-0.05, 0) is 26.0 Å². The van der Waals surface area contributed by atoms with E-state index in [0.29, 0.717) is 0 Å². The SMILES string of the molecule is Cc1ccc(-c2nc(C)c(C(=O)I)s2)cn1. The summed E-state index contributed by atoms with van der Waals surface area (Å²) in [7, 11) is 0. The number of rotatable bonds is 2. The number of aryl methyl sites for hydroxylation is 2. The Kier molecular flexibility index (Phi) is 3.34. The van der Waals surface area contributed by atoms with Crippen LogP contribution in [0.4, 0.5) is 0 Å². The molecule has 0 saturated heterocycles. The maximum atomic E-state index is 11.3. The van der Waals surface area contributed by atoms with Crippen molar-refractivity contribution < 1.29 is 4.79 Å². The van der Waals surface area contributed by atoms with E-state index >= 15 is 0 Å². The molecule has 0 saturated carbocycles. The molecule has 0 fully saturated rings. The second-order valence-corrected chi connectivity index (χ2v) is 5.37. The zero-order valence-electron chi connectivity index (χ0n) is 8.82. The monoisotopic (exact) mass is 344 g/mol. The third-order valence-corrected chi connectivity index (χ3v) is 4.24. The van der Waals surface area contributed by atoms with Crippen molar-refractivity contribution in [3.63, 3.8) is 0 Å². The van der Waals surface area contributed by atoms with Crippen LogP contribution in [0.3, 0.4) is 0 Å². The molecular weight excluding hydrogens is 335 g/mol. The summed E-state index contributed by atoms with van der Waals surface area (Å²) in [5, 5.41) is 0.852. The van der Waals surface area contributed by atoms with Gasteiger partial charge in [-0.2, -0.15) is 0 Å². The number of nitrogens with zero attached hydrogens (tertiary/aromatic N) is 2. The van der Waals surface area contributed by atoms with Crippen LogP contribution >= 0.6 is 33.9 Å². The van der Waals surface area contributed by atoms with Crippen molar-refractivity contribution in [2.45, 2.75) is 13.8 Å². The number of carbonyl (C=O) groups is 1. The summed E-state index contributed by atoms with van der Waals surface area (Å²) in [5.41, 5.74) is 2.73. The first-order valence-corrected chi connectivity index (χ1v) is 6.57. The number of carbonyl (C=O) groups excluding carboxylic acids is 1. The molecule has 0 aliphatic carbocycles. The van der Waals surface area contributed by atoms with Crippen molar-refractivity contribution in [2.24, 2.45) is 0 Å². The average Bonchev–Trinajstić information content (AvgIpc) is 2.61. The van der Waals surface area contributed by atoms with Crippen molar-refractivity contribution >= 4 is 37.7 Å². The zero-order chi connectivity index (χ0) is 11.7. The summed E-state index contributed by atoms with van der Waals surface area (Å²) in [6.07, 6.45) is 1.79. The van der Waals surface area contributed by atoms with Gasteiger partial charge in [-0.25, -0.2) is 4.98 Å². The molecule has 0 unspecified atom stereocenters. The zero-order valence-corrected chi connectivity index (χ0v) is 11.8. The Hall–Kier alpha value is -0.820. The van der Waals surface area contributed by atoms with Crippen molar-refractivity contribution in [3.8, 4) is 10.6 Å². The first kappa shape index (κ1) is 11.7. The molecule has 0 atom stereocenters. The van der Waals surface area contributed by atoms with E-state index in [2.05, 4.69) is 9.97 Å². The Balaban J connectivity index is 2.45. The fourth-order valence-corrected chi connectivity index (χ4v) is 2.91. The Morgan fingerprint density at radius 2 is 2.12 bits per heavy atom. The minimum Gasteiger partial charge on any atom is -0.281 e. The lowest BCUT2D eigenvalue weighted by molar-refractivity contribution is 0.110. The molecule has 82 valence electrons.